The highest BCUT2D eigenvalue weighted by Gasteiger charge is 2.35. The lowest BCUT2D eigenvalue weighted by atomic mass is 9.90. The molecule has 1 heterocycles. The summed E-state index contributed by atoms with van der Waals surface area (Å²) in [6, 6.07) is 1.96. The molecule has 1 aromatic heterocycles. The number of nitrogens with one attached hydrogen (secondary N) is 2. The molecule has 7 heteroatoms. The Morgan fingerprint density at radius 3 is 2.37 bits per heavy atom. The smallest absolute Gasteiger partial charge is 0.321 e. The van der Waals surface area contributed by atoms with Gasteiger partial charge in [0.05, 0.1) is 5.56 Å². The summed E-state index contributed by atoms with van der Waals surface area (Å²) in [6.45, 7) is 9.12. The first kappa shape index (κ1) is 22.2. The molecule has 1 fully saturated rings. The molecule has 2 rings (SSSR count). The first-order chi connectivity index (χ1) is 12.6. The van der Waals surface area contributed by atoms with E-state index in [0.717, 1.165) is 24.5 Å². The molecule has 0 unspecified atom stereocenters. The maximum atomic E-state index is 12.8. The fraction of sp³-hybridized carbons (Fsp3) is 0.350. The van der Waals surface area contributed by atoms with E-state index in [9.17, 15) is 18.0 Å². The fourth-order valence-electron chi connectivity index (χ4n) is 2.56. The largest absolute Gasteiger partial charge is 0.417 e. The van der Waals surface area contributed by atoms with Gasteiger partial charge < -0.3 is 10.4 Å². The number of nitriles is 1. The molecule has 0 amide bonds. The summed E-state index contributed by atoms with van der Waals surface area (Å²) in [5, 5.41) is 15.9. The number of hydrogen-bond donors (Lipinski definition) is 2. The third-order valence-electron chi connectivity index (χ3n) is 4.16. The van der Waals surface area contributed by atoms with Gasteiger partial charge in [-0.3, -0.25) is 4.79 Å². The van der Waals surface area contributed by atoms with Gasteiger partial charge in [-0.05, 0) is 43.2 Å². The highest BCUT2D eigenvalue weighted by Crippen LogP contribution is 2.31. The monoisotopic (exact) mass is 377 g/mol. The number of halogens is 3. The molecule has 0 spiro atoms. The van der Waals surface area contributed by atoms with Gasteiger partial charge in [0.2, 0.25) is 0 Å². The van der Waals surface area contributed by atoms with Gasteiger partial charge in [-0.15, -0.1) is 0 Å². The molecule has 0 aliphatic heterocycles. The van der Waals surface area contributed by atoms with Crippen molar-refractivity contribution >= 4 is 11.3 Å². The van der Waals surface area contributed by atoms with Crippen LogP contribution in [0.1, 0.15) is 49.4 Å². The SMILES string of the molecule is C=C/C=C(\C=C)c1cc(C(F)(F)F)c(C#N)c(=O)[nH]1.CC1CCC(=N)CC1. The maximum Gasteiger partial charge on any atom is 0.417 e. The van der Waals surface area contributed by atoms with Crippen LogP contribution in [0.3, 0.4) is 0 Å². The van der Waals surface area contributed by atoms with Gasteiger partial charge >= 0.3 is 6.18 Å². The number of aromatic nitrogens is 1. The number of pyridine rings is 1. The zero-order chi connectivity index (χ0) is 20.6. The number of H-pyrrole nitrogens is 1. The van der Waals surface area contributed by atoms with Crippen molar-refractivity contribution in [2.45, 2.75) is 38.8 Å². The van der Waals surface area contributed by atoms with Crippen LogP contribution in [0.5, 0.6) is 0 Å². The summed E-state index contributed by atoms with van der Waals surface area (Å²) < 4.78 is 38.3. The molecule has 27 heavy (non-hydrogen) atoms. The summed E-state index contributed by atoms with van der Waals surface area (Å²) in [5.41, 5.74) is -2.18. The first-order valence-electron chi connectivity index (χ1n) is 8.40. The zero-order valence-electron chi connectivity index (χ0n) is 15.1. The van der Waals surface area contributed by atoms with E-state index in [2.05, 4.69) is 25.1 Å². The van der Waals surface area contributed by atoms with Crippen molar-refractivity contribution in [3.8, 4) is 6.07 Å². The average molecular weight is 377 g/mol. The Labute approximate surface area is 156 Å². The van der Waals surface area contributed by atoms with Crippen LogP contribution in [0.15, 0.2) is 42.2 Å². The van der Waals surface area contributed by atoms with E-state index < -0.39 is 22.9 Å². The van der Waals surface area contributed by atoms with Crippen LogP contribution in [-0.2, 0) is 6.18 Å². The molecular formula is C20H22F3N3O. The second-order valence-corrected chi connectivity index (χ2v) is 6.26. The van der Waals surface area contributed by atoms with E-state index in [1.807, 2.05) is 0 Å². The van der Waals surface area contributed by atoms with Gasteiger partial charge in [0.15, 0.2) is 0 Å². The molecule has 1 aliphatic carbocycles. The van der Waals surface area contributed by atoms with Gasteiger partial charge in [-0.2, -0.15) is 18.4 Å². The molecule has 4 nitrogen and oxygen atoms in total. The molecule has 0 radical (unpaired) electrons. The Hall–Kier alpha value is -2.88. The van der Waals surface area contributed by atoms with Gasteiger partial charge in [-0.25, -0.2) is 0 Å². The predicted molar refractivity (Wildman–Crippen MR) is 101 cm³/mol. The fourth-order valence-corrected chi connectivity index (χ4v) is 2.56. The summed E-state index contributed by atoms with van der Waals surface area (Å²) in [4.78, 5) is 13.7. The van der Waals surface area contributed by atoms with Crippen LogP contribution < -0.4 is 5.56 Å². The molecule has 0 aromatic carbocycles. The number of alkyl halides is 3. The van der Waals surface area contributed by atoms with Crippen molar-refractivity contribution < 1.29 is 13.2 Å². The number of hydrogen-bond acceptors (Lipinski definition) is 3. The van der Waals surface area contributed by atoms with E-state index >= 15 is 0 Å². The Morgan fingerprint density at radius 1 is 1.37 bits per heavy atom. The van der Waals surface area contributed by atoms with Crippen molar-refractivity contribution in [1.29, 1.82) is 10.7 Å². The molecular weight excluding hydrogens is 355 g/mol. The number of rotatable bonds is 3. The topological polar surface area (TPSA) is 80.5 Å². The van der Waals surface area contributed by atoms with E-state index in [-0.39, 0.29) is 11.3 Å². The molecule has 0 atom stereocenters. The van der Waals surface area contributed by atoms with E-state index in [4.69, 9.17) is 10.7 Å². The lowest BCUT2D eigenvalue weighted by Gasteiger charge is -2.17. The van der Waals surface area contributed by atoms with Crippen molar-refractivity contribution in [1.82, 2.24) is 4.98 Å². The van der Waals surface area contributed by atoms with E-state index in [1.54, 1.807) is 0 Å². The molecule has 1 aliphatic rings. The molecule has 0 bridgehead atoms. The second-order valence-electron chi connectivity index (χ2n) is 6.26. The Kier molecular flexibility index (Phi) is 7.98. The van der Waals surface area contributed by atoms with Gasteiger partial charge in [0.1, 0.15) is 11.6 Å². The van der Waals surface area contributed by atoms with Crippen LogP contribution in [-0.4, -0.2) is 10.7 Å². The quantitative estimate of drug-likeness (QED) is 0.707. The average Bonchev–Trinajstić information content (AvgIpc) is 2.61. The highest BCUT2D eigenvalue weighted by atomic mass is 19.4. The summed E-state index contributed by atoms with van der Waals surface area (Å²) in [5.74, 6) is 0.879. The molecule has 2 N–H and O–H groups in total. The molecule has 1 aromatic rings. The van der Waals surface area contributed by atoms with Crippen molar-refractivity contribution in [3.63, 3.8) is 0 Å². The van der Waals surface area contributed by atoms with Crippen LogP contribution in [0.25, 0.3) is 5.57 Å². The molecule has 1 saturated carbocycles. The van der Waals surface area contributed by atoms with Crippen LogP contribution in [0.4, 0.5) is 13.2 Å². The normalized spacial score (nSPS) is 17.4. The maximum absolute atomic E-state index is 12.8. The lowest BCUT2D eigenvalue weighted by Crippen LogP contribution is -2.20. The molecule has 0 saturated heterocycles. The highest BCUT2D eigenvalue weighted by molar-refractivity contribution is 5.81. The first-order valence-corrected chi connectivity index (χ1v) is 8.40. The summed E-state index contributed by atoms with van der Waals surface area (Å²) >= 11 is 0. The summed E-state index contributed by atoms with van der Waals surface area (Å²) in [6.07, 6.45) is 3.85. The number of allylic oxidation sites excluding steroid dienone is 4. The zero-order valence-corrected chi connectivity index (χ0v) is 15.1. The Bertz CT molecular complexity index is 831. The number of aromatic amines is 1. The van der Waals surface area contributed by atoms with Crippen molar-refractivity contribution in [2.24, 2.45) is 5.92 Å². The van der Waals surface area contributed by atoms with Gasteiger partial charge in [0.25, 0.3) is 5.56 Å². The third-order valence-corrected chi connectivity index (χ3v) is 4.16. The van der Waals surface area contributed by atoms with E-state index in [1.165, 1.54) is 37.1 Å². The Morgan fingerprint density at radius 2 is 1.96 bits per heavy atom. The van der Waals surface area contributed by atoms with E-state index in [0.29, 0.717) is 6.07 Å². The summed E-state index contributed by atoms with van der Waals surface area (Å²) in [7, 11) is 0. The van der Waals surface area contributed by atoms with Crippen molar-refractivity contribution in [3.05, 3.63) is 64.6 Å². The van der Waals surface area contributed by atoms with Crippen LogP contribution in [0, 0.1) is 22.7 Å². The minimum Gasteiger partial charge on any atom is -0.321 e. The van der Waals surface area contributed by atoms with Gasteiger partial charge in [0, 0.05) is 11.4 Å². The standard InChI is InChI=1S/C13H9F3N2O.C7H13N/c1-3-5-8(4-2)11-6-10(13(14,15)16)9(7-17)12(19)18-11;1-6-2-4-7(8)5-3-6/h3-6H,1-2H2,(H,18,19);6,8H,2-5H2,1H3/b8-5+;. The van der Waals surface area contributed by atoms with Gasteiger partial charge in [-0.1, -0.05) is 38.3 Å². The third kappa shape index (κ3) is 6.41. The van der Waals surface area contributed by atoms with Crippen LogP contribution >= 0.6 is 0 Å². The Balaban J connectivity index is 0.000000377. The van der Waals surface area contributed by atoms with Crippen molar-refractivity contribution in [2.75, 3.05) is 0 Å². The minimum absolute atomic E-state index is 0.0776. The van der Waals surface area contributed by atoms with Crippen LogP contribution in [0.2, 0.25) is 0 Å². The second kappa shape index (κ2) is 9.72. The molecule has 144 valence electrons. The minimum atomic E-state index is -4.78. The lowest BCUT2D eigenvalue weighted by molar-refractivity contribution is -0.137. The predicted octanol–water partition coefficient (Wildman–Crippen LogP) is 5.24. The number of nitrogens with zero attached hydrogens (tertiary/aromatic N) is 1.